The number of amides is 3. The van der Waals surface area contributed by atoms with Gasteiger partial charge in [0.2, 0.25) is 34.9 Å². The lowest BCUT2D eigenvalue weighted by Gasteiger charge is -2.27. The maximum absolute atomic E-state index is 13.9. The van der Waals surface area contributed by atoms with E-state index in [1.54, 1.807) is 48.5 Å². The predicted molar refractivity (Wildman–Crippen MR) is 133 cm³/mol. The average Bonchev–Trinajstić information content (AvgIpc) is 3.45. The van der Waals surface area contributed by atoms with Gasteiger partial charge >= 0.3 is 0 Å². The standard InChI is InChI=1S/C28H19ClN2O6/c1-14(32)30-17-10-12-18(13-11-17)31-26(35)21-22(27(31)36)28(37-23(21)15-6-8-16(29)9-7-15)24(33)19-4-2-3-5-20(19)25(28)34/h2-13,21-23H,1H3,(H,30,32). The van der Waals surface area contributed by atoms with Gasteiger partial charge in [0, 0.05) is 28.8 Å². The van der Waals surface area contributed by atoms with Gasteiger partial charge in [-0.25, -0.2) is 4.90 Å². The van der Waals surface area contributed by atoms with Gasteiger partial charge < -0.3 is 10.1 Å². The molecule has 3 unspecified atom stereocenters. The van der Waals surface area contributed by atoms with Crippen LogP contribution >= 0.6 is 11.6 Å². The SMILES string of the molecule is CC(=O)Nc1ccc(N2C(=O)C3C(c4ccc(Cl)cc4)OC4(C(=O)c5ccccc5C4=O)C3C2=O)cc1. The highest BCUT2D eigenvalue weighted by molar-refractivity contribution is 6.37. The second-order valence-electron chi connectivity index (χ2n) is 9.27. The molecule has 3 aromatic carbocycles. The van der Waals surface area contributed by atoms with E-state index in [1.807, 2.05) is 0 Å². The number of ether oxygens (including phenoxy) is 1. The number of hydrogen-bond donors (Lipinski definition) is 1. The number of nitrogens with one attached hydrogen (secondary N) is 1. The molecule has 0 radical (unpaired) electrons. The third-order valence-corrected chi connectivity index (χ3v) is 7.42. The van der Waals surface area contributed by atoms with E-state index in [-0.39, 0.29) is 22.7 Å². The number of hydrogen-bond acceptors (Lipinski definition) is 6. The highest BCUT2D eigenvalue weighted by atomic mass is 35.5. The van der Waals surface area contributed by atoms with Gasteiger partial charge in [-0.2, -0.15) is 0 Å². The topological polar surface area (TPSA) is 110 Å². The van der Waals surface area contributed by atoms with E-state index in [0.29, 0.717) is 16.3 Å². The lowest BCUT2D eigenvalue weighted by Crippen LogP contribution is -2.51. The molecule has 1 N–H and O–H groups in total. The van der Waals surface area contributed by atoms with Crippen molar-refractivity contribution >= 4 is 52.3 Å². The number of fused-ring (bicyclic) bond motifs is 3. The number of carbonyl (C=O) groups excluding carboxylic acids is 5. The summed E-state index contributed by atoms with van der Waals surface area (Å²) in [5.41, 5.74) is -0.527. The van der Waals surface area contributed by atoms with Gasteiger partial charge in [0.25, 0.3) is 0 Å². The van der Waals surface area contributed by atoms with Crippen molar-refractivity contribution in [2.75, 3.05) is 10.2 Å². The van der Waals surface area contributed by atoms with E-state index in [2.05, 4.69) is 5.32 Å². The zero-order valence-corrected chi connectivity index (χ0v) is 20.2. The number of imide groups is 1. The smallest absolute Gasteiger partial charge is 0.241 e. The monoisotopic (exact) mass is 514 g/mol. The zero-order valence-electron chi connectivity index (χ0n) is 19.4. The zero-order chi connectivity index (χ0) is 26.1. The van der Waals surface area contributed by atoms with Crippen molar-refractivity contribution in [3.8, 4) is 0 Å². The molecule has 1 spiro atoms. The van der Waals surface area contributed by atoms with Crippen LogP contribution in [-0.4, -0.2) is 34.9 Å². The number of ketones is 2. The van der Waals surface area contributed by atoms with Crippen molar-refractivity contribution in [3.63, 3.8) is 0 Å². The minimum Gasteiger partial charge on any atom is -0.349 e. The van der Waals surface area contributed by atoms with E-state index in [9.17, 15) is 24.0 Å². The number of halogens is 1. The fraction of sp³-hybridized carbons (Fsp3) is 0.179. The van der Waals surface area contributed by atoms with Gasteiger partial charge in [-0.3, -0.25) is 24.0 Å². The predicted octanol–water partition coefficient (Wildman–Crippen LogP) is 3.99. The number of benzene rings is 3. The van der Waals surface area contributed by atoms with E-state index in [0.717, 1.165) is 4.90 Å². The molecule has 37 heavy (non-hydrogen) atoms. The summed E-state index contributed by atoms with van der Waals surface area (Å²) in [6.07, 6.45) is -1.02. The summed E-state index contributed by atoms with van der Waals surface area (Å²) in [5, 5.41) is 3.09. The average molecular weight is 515 g/mol. The van der Waals surface area contributed by atoms with Crippen LogP contribution < -0.4 is 10.2 Å². The Hall–Kier alpha value is -4.14. The molecule has 2 heterocycles. The first-order valence-electron chi connectivity index (χ1n) is 11.6. The lowest BCUT2D eigenvalue weighted by atomic mass is 9.77. The molecule has 3 aliphatic rings. The van der Waals surface area contributed by atoms with Crippen LogP contribution in [0.5, 0.6) is 0 Å². The summed E-state index contributed by atoms with van der Waals surface area (Å²) in [7, 11) is 0. The molecule has 0 bridgehead atoms. The summed E-state index contributed by atoms with van der Waals surface area (Å²) >= 11 is 6.05. The van der Waals surface area contributed by atoms with Gasteiger partial charge in [-0.05, 0) is 42.0 Å². The quantitative estimate of drug-likeness (QED) is 0.418. The third kappa shape index (κ3) is 3.22. The van der Waals surface area contributed by atoms with Crippen LogP contribution in [0.2, 0.25) is 5.02 Å². The van der Waals surface area contributed by atoms with Gasteiger partial charge in [0.15, 0.2) is 0 Å². The Morgan fingerprint density at radius 1 is 0.865 bits per heavy atom. The first kappa shape index (κ1) is 23.3. The normalized spacial score (nSPS) is 23.5. The molecule has 3 atom stereocenters. The van der Waals surface area contributed by atoms with Crippen molar-refractivity contribution < 1.29 is 28.7 Å². The summed E-state index contributed by atoms with van der Waals surface area (Å²) in [4.78, 5) is 67.7. The van der Waals surface area contributed by atoms with Crippen LogP contribution in [0.3, 0.4) is 0 Å². The molecular formula is C28H19ClN2O6. The molecular weight excluding hydrogens is 496 g/mol. The van der Waals surface area contributed by atoms with Crippen molar-refractivity contribution in [2.45, 2.75) is 18.6 Å². The first-order chi connectivity index (χ1) is 17.7. The molecule has 6 rings (SSSR count). The Labute approximate surface area is 216 Å². The van der Waals surface area contributed by atoms with Crippen molar-refractivity contribution in [1.82, 2.24) is 0 Å². The molecule has 2 fully saturated rings. The Balaban J connectivity index is 1.48. The van der Waals surface area contributed by atoms with Gasteiger partial charge in [-0.1, -0.05) is 48.0 Å². The molecule has 3 amide bonds. The number of anilines is 2. The van der Waals surface area contributed by atoms with Gasteiger partial charge in [0.05, 0.1) is 23.6 Å². The summed E-state index contributed by atoms with van der Waals surface area (Å²) in [5.74, 6) is -5.22. The molecule has 1 aliphatic carbocycles. The Kier molecular flexibility index (Phi) is 5.15. The molecule has 3 aromatic rings. The molecule has 2 saturated heterocycles. The van der Waals surface area contributed by atoms with E-state index in [1.165, 1.54) is 31.2 Å². The van der Waals surface area contributed by atoms with E-state index < -0.39 is 46.9 Å². The minimum atomic E-state index is -2.14. The molecule has 0 saturated carbocycles. The highest BCUT2D eigenvalue weighted by Crippen LogP contribution is 2.57. The Morgan fingerprint density at radius 2 is 1.46 bits per heavy atom. The Bertz CT molecular complexity index is 1480. The third-order valence-electron chi connectivity index (χ3n) is 7.16. The number of carbonyl (C=O) groups is 5. The number of Topliss-reactive ketones (excluding diaryl/α,β-unsaturated/α-hetero) is 2. The van der Waals surface area contributed by atoms with Crippen molar-refractivity contribution in [2.24, 2.45) is 11.8 Å². The molecule has 9 heteroatoms. The summed E-state index contributed by atoms with van der Waals surface area (Å²) in [6, 6.07) is 19.1. The fourth-order valence-electron chi connectivity index (χ4n) is 5.62. The van der Waals surface area contributed by atoms with Crippen LogP contribution in [0.25, 0.3) is 0 Å². The maximum Gasteiger partial charge on any atom is 0.241 e. The second-order valence-corrected chi connectivity index (χ2v) is 9.71. The van der Waals surface area contributed by atoms with Crippen LogP contribution in [0.15, 0.2) is 72.8 Å². The molecule has 8 nitrogen and oxygen atoms in total. The summed E-state index contributed by atoms with van der Waals surface area (Å²) < 4.78 is 6.24. The van der Waals surface area contributed by atoms with E-state index in [4.69, 9.17) is 16.3 Å². The second kappa shape index (κ2) is 8.19. The number of rotatable bonds is 3. The van der Waals surface area contributed by atoms with Crippen LogP contribution in [-0.2, 0) is 19.1 Å². The molecule has 184 valence electrons. The van der Waals surface area contributed by atoms with Gasteiger partial charge in [-0.15, -0.1) is 0 Å². The van der Waals surface area contributed by atoms with E-state index >= 15 is 0 Å². The van der Waals surface area contributed by atoms with Crippen LogP contribution in [0.4, 0.5) is 11.4 Å². The highest BCUT2D eigenvalue weighted by Gasteiger charge is 2.74. The largest absolute Gasteiger partial charge is 0.349 e. The van der Waals surface area contributed by atoms with Gasteiger partial charge in [0.1, 0.15) is 0 Å². The van der Waals surface area contributed by atoms with Crippen molar-refractivity contribution in [3.05, 3.63) is 94.5 Å². The lowest BCUT2D eigenvalue weighted by molar-refractivity contribution is -0.127. The fourth-order valence-corrected chi connectivity index (χ4v) is 5.75. The summed E-state index contributed by atoms with van der Waals surface area (Å²) in [6.45, 7) is 1.37. The maximum atomic E-state index is 13.9. The van der Waals surface area contributed by atoms with Crippen LogP contribution in [0.1, 0.15) is 39.3 Å². The first-order valence-corrected chi connectivity index (χ1v) is 12.0. The molecule has 0 aromatic heterocycles. The van der Waals surface area contributed by atoms with Crippen molar-refractivity contribution in [1.29, 1.82) is 0 Å². The Morgan fingerprint density at radius 3 is 2.03 bits per heavy atom. The van der Waals surface area contributed by atoms with Crippen LogP contribution in [0, 0.1) is 11.8 Å². The number of nitrogens with zero attached hydrogens (tertiary/aromatic N) is 1. The molecule has 2 aliphatic heterocycles. The minimum absolute atomic E-state index is 0.168.